The largest absolute Gasteiger partial charge is 0.322 e. The van der Waals surface area contributed by atoms with Gasteiger partial charge in [0.05, 0.1) is 27.7 Å². The van der Waals surface area contributed by atoms with Crippen molar-refractivity contribution in [3.8, 4) is 0 Å². The molecule has 4 rings (SSSR count). The van der Waals surface area contributed by atoms with Crippen LogP contribution in [0.3, 0.4) is 0 Å². The summed E-state index contributed by atoms with van der Waals surface area (Å²) in [6.45, 7) is 8.31. The Hall–Kier alpha value is -2.13. The number of aromatic nitrogens is 4. The van der Waals surface area contributed by atoms with Crippen molar-refractivity contribution in [1.29, 1.82) is 0 Å². The molecule has 1 N–H and O–H groups in total. The normalized spacial score (nSPS) is 14.3. The van der Waals surface area contributed by atoms with E-state index in [0.29, 0.717) is 11.7 Å². The summed E-state index contributed by atoms with van der Waals surface area (Å²) in [5, 5.41) is 8.37. The first-order chi connectivity index (χ1) is 14.3. The molecule has 0 spiro atoms. The van der Waals surface area contributed by atoms with Gasteiger partial charge in [-0.2, -0.15) is 5.10 Å². The maximum Gasteiger partial charge on any atom is 0.263 e. The molecule has 160 valence electrons. The Morgan fingerprint density at radius 3 is 2.77 bits per heavy atom. The number of hydrogen-bond donors (Lipinski definition) is 1. The van der Waals surface area contributed by atoms with E-state index in [4.69, 9.17) is 4.98 Å². The molecule has 0 radical (unpaired) electrons. The fourth-order valence-corrected chi connectivity index (χ4v) is 6.20. The topological polar surface area (TPSA) is 81.8 Å². The predicted molar refractivity (Wildman–Crippen MR) is 123 cm³/mol. The standard InChI is InChI=1S/C21H27N5O2S2/c1-6-10-26-20(28)16-14-8-7-9-15(14)30-19(16)23-21(26)29-13(4)18(27)22-17-11(2)24-25(5)12(17)3/h13H,6-10H2,1-5H3,(H,22,27). The van der Waals surface area contributed by atoms with Gasteiger partial charge in [0, 0.05) is 18.5 Å². The van der Waals surface area contributed by atoms with E-state index in [1.54, 1.807) is 20.6 Å². The molecular weight excluding hydrogens is 418 g/mol. The number of carbonyl (C=O) groups is 1. The van der Waals surface area contributed by atoms with Crippen LogP contribution in [0.15, 0.2) is 9.95 Å². The van der Waals surface area contributed by atoms with Crippen molar-refractivity contribution >= 4 is 44.9 Å². The van der Waals surface area contributed by atoms with Crippen LogP contribution in [0, 0.1) is 13.8 Å². The van der Waals surface area contributed by atoms with Gasteiger partial charge in [-0.25, -0.2) is 4.98 Å². The summed E-state index contributed by atoms with van der Waals surface area (Å²) >= 11 is 2.98. The third kappa shape index (κ3) is 3.58. The van der Waals surface area contributed by atoms with Crippen LogP contribution < -0.4 is 10.9 Å². The molecule has 1 atom stereocenters. The van der Waals surface area contributed by atoms with Crippen molar-refractivity contribution in [2.45, 2.75) is 70.3 Å². The summed E-state index contributed by atoms with van der Waals surface area (Å²) in [7, 11) is 1.86. The molecule has 30 heavy (non-hydrogen) atoms. The van der Waals surface area contributed by atoms with Crippen molar-refractivity contribution in [1.82, 2.24) is 19.3 Å². The van der Waals surface area contributed by atoms with Crippen LogP contribution in [0.25, 0.3) is 10.2 Å². The maximum absolute atomic E-state index is 13.3. The van der Waals surface area contributed by atoms with Crippen LogP contribution >= 0.6 is 23.1 Å². The molecule has 0 saturated heterocycles. The number of nitrogens with zero attached hydrogens (tertiary/aromatic N) is 4. The second-order valence-electron chi connectivity index (χ2n) is 7.81. The van der Waals surface area contributed by atoms with E-state index in [0.717, 1.165) is 53.0 Å². The fraction of sp³-hybridized carbons (Fsp3) is 0.524. The summed E-state index contributed by atoms with van der Waals surface area (Å²) in [5.74, 6) is -0.120. The third-order valence-electron chi connectivity index (χ3n) is 5.65. The van der Waals surface area contributed by atoms with E-state index in [1.807, 2.05) is 34.7 Å². The van der Waals surface area contributed by atoms with Crippen LogP contribution in [0.5, 0.6) is 0 Å². The number of hydrogen-bond acceptors (Lipinski definition) is 6. The van der Waals surface area contributed by atoms with Crippen LogP contribution in [-0.4, -0.2) is 30.5 Å². The van der Waals surface area contributed by atoms with Gasteiger partial charge in [0.2, 0.25) is 5.91 Å². The van der Waals surface area contributed by atoms with Gasteiger partial charge in [0.15, 0.2) is 5.16 Å². The highest BCUT2D eigenvalue weighted by atomic mass is 32.2. The average Bonchev–Trinajstić information content (AvgIpc) is 3.34. The van der Waals surface area contributed by atoms with Gasteiger partial charge in [-0.1, -0.05) is 18.7 Å². The lowest BCUT2D eigenvalue weighted by Gasteiger charge is -2.15. The quantitative estimate of drug-likeness (QED) is 0.461. The smallest absolute Gasteiger partial charge is 0.263 e. The lowest BCUT2D eigenvalue weighted by atomic mass is 10.2. The highest BCUT2D eigenvalue weighted by molar-refractivity contribution is 8.00. The average molecular weight is 446 g/mol. The molecule has 0 aliphatic heterocycles. The number of amides is 1. The van der Waals surface area contributed by atoms with E-state index >= 15 is 0 Å². The van der Waals surface area contributed by atoms with Crippen molar-refractivity contribution < 1.29 is 4.79 Å². The van der Waals surface area contributed by atoms with Crippen LogP contribution in [-0.2, 0) is 31.2 Å². The first-order valence-corrected chi connectivity index (χ1v) is 12.0. The molecule has 9 heteroatoms. The number of nitrogens with one attached hydrogen (secondary N) is 1. The summed E-state index contributed by atoms with van der Waals surface area (Å²) in [4.78, 5) is 33.1. The second-order valence-corrected chi connectivity index (χ2v) is 10.2. The fourth-order valence-electron chi connectivity index (χ4n) is 3.96. The van der Waals surface area contributed by atoms with Crippen LogP contribution in [0.1, 0.15) is 48.5 Å². The number of anilines is 1. The van der Waals surface area contributed by atoms with Gasteiger partial charge < -0.3 is 5.32 Å². The van der Waals surface area contributed by atoms with Gasteiger partial charge >= 0.3 is 0 Å². The third-order valence-corrected chi connectivity index (χ3v) is 7.92. The van der Waals surface area contributed by atoms with Crippen molar-refractivity contribution in [2.24, 2.45) is 7.05 Å². The maximum atomic E-state index is 13.3. The van der Waals surface area contributed by atoms with Crippen molar-refractivity contribution in [3.63, 3.8) is 0 Å². The van der Waals surface area contributed by atoms with Gasteiger partial charge in [-0.3, -0.25) is 18.8 Å². The lowest BCUT2D eigenvalue weighted by Crippen LogP contribution is -2.27. The lowest BCUT2D eigenvalue weighted by molar-refractivity contribution is -0.115. The molecule has 0 aromatic carbocycles. The van der Waals surface area contributed by atoms with E-state index in [2.05, 4.69) is 10.4 Å². The molecule has 1 aliphatic rings. The van der Waals surface area contributed by atoms with E-state index < -0.39 is 5.25 Å². The Kier molecular flexibility index (Phi) is 5.76. The SMILES string of the molecule is CCCn1c(SC(C)C(=O)Nc2c(C)nn(C)c2C)nc2sc3c(c2c1=O)CCC3. The molecule has 0 saturated carbocycles. The number of thiophene rings is 1. The Balaban J connectivity index is 1.64. The number of rotatable bonds is 6. The minimum atomic E-state index is -0.400. The highest BCUT2D eigenvalue weighted by Gasteiger charge is 2.25. The molecule has 3 aromatic heterocycles. The van der Waals surface area contributed by atoms with E-state index in [-0.39, 0.29) is 11.5 Å². The summed E-state index contributed by atoms with van der Waals surface area (Å²) in [5.41, 5.74) is 3.68. The molecule has 7 nitrogen and oxygen atoms in total. The molecular formula is C21H27N5O2S2. The molecule has 1 aliphatic carbocycles. The number of thioether (sulfide) groups is 1. The first kappa shape index (κ1) is 21.1. The zero-order valence-corrected chi connectivity index (χ0v) is 19.7. The number of aryl methyl sites for hydroxylation is 4. The predicted octanol–water partition coefficient (Wildman–Crippen LogP) is 3.83. The molecule has 0 bridgehead atoms. The highest BCUT2D eigenvalue weighted by Crippen LogP contribution is 2.36. The van der Waals surface area contributed by atoms with Crippen LogP contribution in [0.4, 0.5) is 5.69 Å². The van der Waals surface area contributed by atoms with E-state index in [9.17, 15) is 9.59 Å². The van der Waals surface area contributed by atoms with Gasteiger partial charge in [-0.05, 0) is 52.0 Å². The Morgan fingerprint density at radius 2 is 2.10 bits per heavy atom. The van der Waals surface area contributed by atoms with Crippen LogP contribution in [0.2, 0.25) is 0 Å². The molecule has 0 fully saturated rings. The zero-order chi connectivity index (χ0) is 21.6. The molecule has 3 aromatic rings. The molecule has 1 amide bonds. The summed E-state index contributed by atoms with van der Waals surface area (Å²) in [6.07, 6.45) is 3.95. The van der Waals surface area contributed by atoms with Crippen molar-refractivity contribution in [3.05, 3.63) is 32.2 Å². The summed E-state index contributed by atoms with van der Waals surface area (Å²) in [6, 6.07) is 0. The monoisotopic (exact) mass is 445 g/mol. The van der Waals surface area contributed by atoms with Gasteiger partial charge in [0.25, 0.3) is 5.56 Å². The first-order valence-electron chi connectivity index (χ1n) is 10.3. The Bertz CT molecular complexity index is 1190. The molecule has 1 unspecified atom stereocenters. The minimum absolute atomic E-state index is 0.0373. The number of carbonyl (C=O) groups excluding carboxylic acids is 1. The Morgan fingerprint density at radius 1 is 1.33 bits per heavy atom. The summed E-state index contributed by atoms with van der Waals surface area (Å²) < 4.78 is 3.51. The second kappa shape index (κ2) is 8.19. The zero-order valence-electron chi connectivity index (χ0n) is 18.0. The van der Waals surface area contributed by atoms with Gasteiger partial charge in [-0.15, -0.1) is 11.3 Å². The number of fused-ring (bicyclic) bond motifs is 3. The minimum Gasteiger partial charge on any atom is -0.322 e. The van der Waals surface area contributed by atoms with E-state index in [1.165, 1.54) is 22.2 Å². The Labute approximate surface area is 183 Å². The van der Waals surface area contributed by atoms with Crippen molar-refractivity contribution in [2.75, 3.05) is 5.32 Å². The van der Waals surface area contributed by atoms with Gasteiger partial charge in [0.1, 0.15) is 4.83 Å². The molecule has 3 heterocycles.